The zero-order valence-electron chi connectivity index (χ0n) is 13.0. The summed E-state index contributed by atoms with van der Waals surface area (Å²) < 4.78 is 2.07. The summed E-state index contributed by atoms with van der Waals surface area (Å²) in [4.78, 5) is 11.8. The Morgan fingerprint density at radius 2 is 2.05 bits per heavy atom. The molecular weight excluding hydrogens is 264 g/mol. The molecule has 4 nitrogen and oxygen atoms in total. The molecular formula is C17H24N2O2. The fourth-order valence-corrected chi connectivity index (χ4v) is 2.90. The van der Waals surface area contributed by atoms with Crippen molar-refractivity contribution in [3.63, 3.8) is 0 Å². The molecule has 114 valence electrons. The van der Waals surface area contributed by atoms with Crippen LogP contribution in [-0.2, 0) is 13.0 Å². The summed E-state index contributed by atoms with van der Waals surface area (Å²) in [6.45, 7) is 7.16. The summed E-state index contributed by atoms with van der Waals surface area (Å²) in [6.07, 6.45) is 1.59. The molecule has 2 aromatic rings. The number of aryl methyl sites for hydroxylation is 2. The third-order valence-corrected chi connectivity index (χ3v) is 3.71. The number of hydrogen-bond donors (Lipinski definition) is 2. The summed E-state index contributed by atoms with van der Waals surface area (Å²) in [5, 5.41) is 10.1. The Hall–Kier alpha value is -1.81. The number of benzene rings is 1. The maximum Gasteiger partial charge on any atom is 0.250 e. The van der Waals surface area contributed by atoms with Crippen LogP contribution in [0.4, 0.5) is 0 Å². The second kappa shape index (κ2) is 6.31. The molecule has 1 amide bonds. The minimum absolute atomic E-state index is 0.135. The summed E-state index contributed by atoms with van der Waals surface area (Å²) >= 11 is 0. The van der Waals surface area contributed by atoms with E-state index in [0.29, 0.717) is 24.4 Å². The van der Waals surface area contributed by atoms with Crippen LogP contribution in [0.3, 0.4) is 0 Å². The Bertz CT molecular complexity index is 656. The number of carbonyl (C=O) groups is 1. The van der Waals surface area contributed by atoms with Gasteiger partial charge in [0.05, 0.1) is 11.1 Å². The minimum atomic E-state index is -0.394. The Morgan fingerprint density at radius 1 is 1.33 bits per heavy atom. The van der Waals surface area contributed by atoms with E-state index in [1.54, 1.807) is 0 Å². The first kappa shape index (κ1) is 15.6. The van der Waals surface area contributed by atoms with Gasteiger partial charge in [0.15, 0.2) is 0 Å². The third-order valence-electron chi connectivity index (χ3n) is 3.71. The highest BCUT2D eigenvalue weighted by Crippen LogP contribution is 2.26. The van der Waals surface area contributed by atoms with Crippen LogP contribution >= 0.6 is 0 Å². The summed E-state index contributed by atoms with van der Waals surface area (Å²) in [5.74, 6) is 0.134. The molecule has 0 radical (unpaired) electrons. The number of aliphatic hydroxyl groups is 1. The first-order valence-electron chi connectivity index (χ1n) is 7.47. The maximum atomic E-state index is 11.8. The number of rotatable bonds is 6. The van der Waals surface area contributed by atoms with Gasteiger partial charge < -0.3 is 15.4 Å². The van der Waals surface area contributed by atoms with Gasteiger partial charge in [0.1, 0.15) is 0 Å². The number of nitrogens with two attached hydrogens (primary N) is 1. The lowest BCUT2D eigenvalue weighted by atomic mass is 9.98. The molecule has 1 aromatic carbocycles. The first-order chi connectivity index (χ1) is 9.93. The second-order valence-electron chi connectivity index (χ2n) is 6.06. The molecule has 0 aliphatic heterocycles. The quantitative estimate of drug-likeness (QED) is 0.858. The number of nitrogens with zero attached hydrogens (tertiary/aromatic N) is 1. The van der Waals surface area contributed by atoms with Gasteiger partial charge in [-0.1, -0.05) is 13.8 Å². The Morgan fingerprint density at radius 3 is 2.62 bits per heavy atom. The number of aliphatic hydroxyl groups excluding tert-OH is 1. The van der Waals surface area contributed by atoms with Crippen LogP contribution in [0, 0.1) is 12.8 Å². The van der Waals surface area contributed by atoms with Gasteiger partial charge in [0.25, 0.3) is 5.91 Å². The molecule has 21 heavy (non-hydrogen) atoms. The maximum absolute atomic E-state index is 11.8. The smallest absolute Gasteiger partial charge is 0.250 e. The van der Waals surface area contributed by atoms with Crippen LogP contribution in [-0.4, -0.2) is 22.2 Å². The molecule has 0 atom stereocenters. The van der Waals surface area contributed by atoms with Gasteiger partial charge in [-0.3, -0.25) is 4.79 Å². The fourth-order valence-electron chi connectivity index (χ4n) is 2.90. The molecule has 0 bridgehead atoms. The SMILES string of the molecule is Cc1cc2cc(CC(C)C)cc(C(N)=O)c2n1CCCO. The van der Waals surface area contributed by atoms with Crippen LogP contribution in [0.1, 0.15) is 41.9 Å². The van der Waals surface area contributed by atoms with Crippen LogP contribution in [0.5, 0.6) is 0 Å². The molecule has 1 heterocycles. The molecule has 0 aliphatic rings. The van der Waals surface area contributed by atoms with E-state index < -0.39 is 5.91 Å². The van der Waals surface area contributed by atoms with E-state index in [1.807, 2.05) is 13.0 Å². The fraction of sp³-hybridized carbons (Fsp3) is 0.471. The number of aromatic nitrogens is 1. The van der Waals surface area contributed by atoms with E-state index >= 15 is 0 Å². The normalized spacial score (nSPS) is 11.5. The van der Waals surface area contributed by atoms with Crippen molar-refractivity contribution in [1.82, 2.24) is 4.57 Å². The monoisotopic (exact) mass is 288 g/mol. The van der Waals surface area contributed by atoms with Crippen molar-refractivity contribution >= 4 is 16.8 Å². The number of primary amides is 1. The average Bonchev–Trinajstić information content (AvgIpc) is 2.70. The van der Waals surface area contributed by atoms with E-state index in [-0.39, 0.29) is 6.61 Å². The topological polar surface area (TPSA) is 68.2 Å². The molecule has 0 saturated heterocycles. The number of hydrogen-bond acceptors (Lipinski definition) is 2. The second-order valence-corrected chi connectivity index (χ2v) is 6.06. The highest BCUT2D eigenvalue weighted by molar-refractivity contribution is 6.05. The lowest BCUT2D eigenvalue weighted by molar-refractivity contribution is 0.100. The van der Waals surface area contributed by atoms with Gasteiger partial charge in [-0.15, -0.1) is 0 Å². The van der Waals surface area contributed by atoms with Crippen molar-refractivity contribution in [2.45, 2.75) is 40.2 Å². The van der Waals surface area contributed by atoms with Gasteiger partial charge in [-0.05, 0) is 49.4 Å². The molecule has 3 N–H and O–H groups in total. The van der Waals surface area contributed by atoms with Crippen molar-refractivity contribution in [3.05, 3.63) is 35.0 Å². The third kappa shape index (κ3) is 3.27. The van der Waals surface area contributed by atoms with Gasteiger partial charge >= 0.3 is 0 Å². The summed E-state index contributed by atoms with van der Waals surface area (Å²) in [6, 6.07) is 6.15. The highest BCUT2D eigenvalue weighted by atomic mass is 16.3. The molecule has 0 aliphatic carbocycles. The predicted molar refractivity (Wildman–Crippen MR) is 85.4 cm³/mol. The van der Waals surface area contributed by atoms with Crippen molar-refractivity contribution < 1.29 is 9.90 Å². The Labute approximate surface area is 125 Å². The van der Waals surface area contributed by atoms with Gasteiger partial charge in [-0.25, -0.2) is 0 Å². The predicted octanol–water partition coefficient (Wildman–Crippen LogP) is 2.63. The molecule has 4 heteroatoms. The molecule has 0 saturated carbocycles. The van der Waals surface area contributed by atoms with Crippen LogP contribution in [0.2, 0.25) is 0 Å². The molecule has 1 aromatic heterocycles. The average molecular weight is 288 g/mol. The zero-order chi connectivity index (χ0) is 15.6. The lowest BCUT2D eigenvalue weighted by Crippen LogP contribution is -2.14. The van der Waals surface area contributed by atoms with Crippen LogP contribution in [0.15, 0.2) is 18.2 Å². The van der Waals surface area contributed by atoms with E-state index in [2.05, 4.69) is 30.5 Å². The highest BCUT2D eigenvalue weighted by Gasteiger charge is 2.15. The Kier molecular flexibility index (Phi) is 4.68. The van der Waals surface area contributed by atoms with Gasteiger partial charge in [0.2, 0.25) is 0 Å². The summed E-state index contributed by atoms with van der Waals surface area (Å²) in [5.41, 5.74) is 9.28. The van der Waals surface area contributed by atoms with E-state index in [1.165, 1.54) is 0 Å². The molecule has 0 fully saturated rings. The van der Waals surface area contributed by atoms with Gasteiger partial charge in [-0.2, -0.15) is 0 Å². The van der Waals surface area contributed by atoms with E-state index in [4.69, 9.17) is 10.8 Å². The number of carbonyl (C=O) groups excluding carboxylic acids is 1. The largest absolute Gasteiger partial charge is 0.396 e. The summed E-state index contributed by atoms with van der Waals surface area (Å²) in [7, 11) is 0. The van der Waals surface area contributed by atoms with Crippen molar-refractivity contribution in [3.8, 4) is 0 Å². The van der Waals surface area contributed by atoms with Gasteiger partial charge in [0, 0.05) is 24.2 Å². The van der Waals surface area contributed by atoms with Crippen molar-refractivity contribution in [1.29, 1.82) is 0 Å². The van der Waals surface area contributed by atoms with Crippen molar-refractivity contribution in [2.24, 2.45) is 11.7 Å². The number of fused-ring (bicyclic) bond motifs is 1. The van der Waals surface area contributed by atoms with Crippen LogP contribution < -0.4 is 5.73 Å². The molecule has 0 spiro atoms. The van der Waals surface area contributed by atoms with E-state index in [9.17, 15) is 4.79 Å². The molecule has 2 rings (SSSR count). The number of amides is 1. The standard InChI is InChI=1S/C17H24N2O2/c1-11(2)7-13-9-14-8-12(3)19(5-4-6-20)16(14)15(10-13)17(18)21/h8-11,20H,4-7H2,1-3H3,(H2,18,21). The molecule has 0 unspecified atom stereocenters. The zero-order valence-corrected chi connectivity index (χ0v) is 13.0. The minimum Gasteiger partial charge on any atom is -0.396 e. The van der Waals surface area contributed by atoms with E-state index in [0.717, 1.165) is 28.6 Å². The van der Waals surface area contributed by atoms with Crippen LogP contribution in [0.25, 0.3) is 10.9 Å². The first-order valence-corrected chi connectivity index (χ1v) is 7.47. The lowest BCUT2D eigenvalue weighted by Gasteiger charge is -2.12. The Balaban J connectivity index is 2.62. The van der Waals surface area contributed by atoms with Crippen molar-refractivity contribution in [2.75, 3.05) is 6.61 Å².